The summed E-state index contributed by atoms with van der Waals surface area (Å²) in [6.45, 7) is 0. The standard InChI is InChI=1S/C54H35N3/c1-3-15-44-38(11-1)13-9-19-45(44)40-25-29-42(30-26-40)51-35-50(55-54(56-51)49-20-10-14-39-12-2-4-16-46(39)49)41-27-23-36(24-28-41)37-31-33-43(34-32-37)57-52-21-7-5-17-47(52)48-18-6-8-22-53(48)57/h1-35H. The van der Waals surface area contributed by atoms with Crippen molar-refractivity contribution >= 4 is 43.4 Å². The molecule has 11 rings (SSSR count). The summed E-state index contributed by atoms with van der Waals surface area (Å²) in [5.41, 5.74) is 13.2. The molecule has 3 heteroatoms. The van der Waals surface area contributed by atoms with Crippen molar-refractivity contribution in [3.8, 4) is 61.8 Å². The molecule has 0 bridgehead atoms. The largest absolute Gasteiger partial charge is 0.309 e. The van der Waals surface area contributed by atoms with E-state index in [9.17, 15) is 0 Å². The summed E-state index contributed by atoms with van der Waals surface area (Å²) in [4.78, 5) is 10.4. The highest BCUT2D eigenvalue weighted by molar-refractivity contribution is 6.09. The average Bonchev–Trinajstić information content (AvgIpc) is 3.63. The summed E-state index contributed by atoms with van der Waals surface area (Å²) in [5.74, 6) is 0.710. The molecule has 0 aliphatic carbocycles. The zero-order valence-electron chi connectivity index (χ0n) is 31.0. The second-order valence-electron chi connectivity index (χ2n) is 14.6. The molecule has 0 amide bonds. The number of para-hydroxylation sites is 2. The monoisotopic (exact) mass is 725 g/mol. The maximum Gasteiger partial charge on any atom is 0.161 e. The number of rotatable bonds is 6. The van der Waals surface area contributed by atoms with Crippen LogP contribution in [0.2, 0.25) is 0 Å². The fourth-order valence-electron chi connectivity index (χ4n) is 8.42. The Labute approximate surface area is 330 Å². The lowest BCUT2D eigenvalue weighted by Gasteiger charge is -2.13. The molecule has 0 saturated carbocycles. The van der Waals surface area contributed by atoms with Crippen LogP contribution in [0.15, 0.2) is 212 Å². The minimum atomic E-state index is 0.710. The molecule has 9 aromatic carbocycles. The first-order valence-electron chi connectivity index (χ1n) is 19.4. The van der Waals surface area contributed by atoms with E-state index in [2.05, 4.69) is 217 Å². The van der Waals surface area contributed by atoms with Gasteiger partial charge in [-0.15, -0.1) is 0 Å². The van der Waals surface area contributed by atoms with Gasteiger partial charge in [0, 0.05) is 33.2 Å². The number of fused-ring (bicyclic) bond motifs is 5. The highest BCUT2D eigenvalue weighted by Crippen LogP contribution is 2.36. The molecule has 0 unspecified atom stereocenters. The van der Waals surface area contributed by atoms with Crippen molar-refractivity contribution in [1.82, 2.24) is 14.5 Å². The number of aromatic nitrogens is 3. The molecule has 57 heavy (non-hydrogen) atoms. The summed E-state index contributed by atoms with van der Waals surface area (Å²) in [7, 11) is 0. The second kappa shape index (κ2) is 13.6. The summed E-state index contributed by atoms with van der Waals surface area (Å²) < 4.78 is 2.36. The third-order valence-corrected chi connectivity index (χ3v) is 11.3. The van der Waals surface area contributed by atoms with Crippen molar-refractivity contribution < 1.29 is 0 Å². The van der Waals surface area contributed by atoms with Gasteiger partial charge in [0.25, 0.3) is 0 Å². The van der Waals surface area contributed by atoms with Gasteiger partial charge in [0.2, 0.25) is 0 Å². The minimum absolute atomic E-state index is 0.710. The van der Waals surface area contributed by atoms with Crippen LogP contribution >= 0.6 is 0 Å². The highest BCUT2D eigenvalue weighted by atomic mass is 15.0. The molecule has 0 radical (unpaired) electrons. The van der Waals surface area contributed by atoms with Crippen molar-refractivity contribution in [2.75, 3.05) is 0 Å². The molecule has 2 aromatic heterocycles. The normalized spacial score (nSPS) is 11.5. The van der Waals surface area contributed by atoms with Gasteiger partial charge in [-0.3, -0.25) is 0 Å². The lowest BCUT2D eigenvalue weighted by molar-refractivity contribution is 1.18. The van der Waals surface area contributed by atoms with Gasteiger partial charge in [-0.05, 0) is 74.1 Å². The Hall–Kier alpha value is -7.62. The predicted octanol–water partition coefficient (Wildman–Crippen LogP) is 14.2. The van der Waals surface area contributed by atoms with E-state index < -0.39 is 0 Å². The topological polar surface area (TPSA) is 30.7 Å². The molecule has 2 heterocycles. The van der Waals surface area contributed by atoms with Gasteiger partial charge in [0.05, 0.1) is 22.4 Å². The number of hydrogen-bond acceptors (Lipinski definition) is 2. The van der Waals surface area contributed by atoms with E-state index in [1.165, 1.54) is 49.1 Å². The number of nitrogens with zero attached hydrogens (tertiary/aromatic N) is 3. The minimum Gasteiger partial charge on any atom is -0.309 e. The van der Waals surface area contributed by atoms with Crippen LogP contribution in [0.1, 0.15) is 0 Å². The molecule has 0 aliphatic rings. The first-order valence-corrected chi connectivity index (χ1v) is 19.4. The quantitative estimate of drug-likeness (QED) is 0.171. The van der Waals surface area contributed by atoms with Crippen LogP contribution < -0.4 is 0 Å². The number of hydrogen-bond donors (Lipinski definition) is 0. The second-order valence-corrected chi connectivity index (χ2v) is 14.6. The molecular formula is C54H35N3. The van der Waals surface area contributed by atoms with Gasteiger partial charge in [0.1, 0.15) is 0 Å². The van der Waals surface area contributed by atoms with E-state index in [0.29, 0.717) is 5.82 Å². The van der Waals surface area contributed by atoms with Crippen molar-refractivity contribution in [2.45, 2.75) is 0 Å². The first kappa shape index (κ1) is 32.8. The van der Waals surface area contributed by atoms with Crippen LogP contribution in [0.4, 0.5) is 0 Å². The van der Waals surface area contributed by atoms with Crippen LogP contribution in [0.25, 0.3) is 105 Å². The summed E-state index contributed by atoms with van der Waals surface area (Å²) >= 11 is 0. The Morgan fingerprint density at radius 3 is 1.26 bits per heavy atom. The molecule has 0 atom stereocenters. The first-order chi connectivity index (χ1) is 28.2. The van der Waals surface area contributed by atoms with Crippen LogP contribution in [-0.2, 0) is 0 Å². The fourth-order valence-corrected chi connectivity index (χ4v) is 8.42. The average molecular weight is 726 g/mol. The van der Waals surface area contributed by atoms with Crippen LogP contribution in [-0.4, -0.2) is 14.5 Å². The van der Waals surface area contributed by atoms with Crippen molar-refractivity contribution in [1.29, 1.82) is 0 Å². The Morgan fingerprint density at radius 2 is 0.702 bits per heavy atom. The maximum atomic E-state index is 5.23. The lowest BCUT2D eigenvalue weighted by atomic mass is 9.96. The third kappa shape index (κ3) is 5.76. The van der Waals surface area contributed by atoms with E-state index in [1.807, 2.05) is 0 Å². The highest BCUT2D eigenvalue weighted by Gasteiger charge is 2.15. The Kier molecular flexibility index (Phi) is 7.82. The third-order valence-electron chi connectivity index (χ3n) is 11.3. The molecule has 266 valence electrons. The smallest absolute Gasteiger partial charge is 0.161 e. The summed E-state index contributed by atoms with van der Waals surface area (Å²) in [5, 5.41) is 7.32. The molecule has 0 N–H and O–H groups in total. The van der Waals surface area contributed by atoms with E-state index in [0.717, 1.165) is 50.3 Å². The molecular weight excluding hydrogens is 691 g/mol. The molecule has 0 spiro atoms. The van der Waals surface area contributed by atoms with Crippen molar-refractivity contribution in [3.63, 3.8) is 0 Å². The van der Waals surface area contributed by atoms with Gasteiger partial charge < -0.3 is 4.57 Å². The maximum absolute atomic E-state index is 5.23. The van der Waals surface area contributed by atoms with Crippen LogP contribution in [0.5, 0.6) is 0 Å². The molecule has 11 aromatic rings. The molecule has 0 saturated heterocycles. The van der Waals surface area contributed by atoms with Crippen molar-refractivity contribution in [3.05, 3.63) is 212 Å². The zero-order chi connectivity index (χ0) is 37.7. The van der Waals surface area contributed by atoms with Gasteiger partial charge in [-0.2, -0.15) is 0 Å². The Morgan fingerprint density at radius 1 is 0.298 bits per heavy atom. The SMILES string of the molecule is c1ccc2c(-c3ccc(-c4cc(-c5ccc(-c6ccc(-n7c8ccccc8c8ccccc87)cc6)cc5)nc(-c5cccc6ccccc56)n4)cc3)cccc2c1. The summed E-state index contributed by atoms with van der Waals surface area (Å²) in [6, 6.07) is 75.7. The Balaban J connectivity index is 0.965. The Bertz CT molecular complexity index is 3200. The number of benzene rings is 9. The van der Waals surface area contributed by atoms with Crippen LogP contribution in [0, 0.1) is 0 Å². The molecule has 0 fully saturated rings. The zero-order valence-corrected chi connectivity index (χ0v) is 31.0. The van der Waals surface area contributed by atoms with E-state index in [-0.39, 0.29) is 0 Å². The van der Waals surface area contributed by atoms with E-state index >= 15 is 0 Å². The molecule has 3 nitrogen and oxygen atoms in total. The van der Waals surface area contributed by atoms with E-state index in [4.69, 9.17) is 9.97 Å². The van der Waals surface area contributed by atoms with Gasteiger partial charge in [-0.1, -0.05) is 182 Å². The molecule has 0 aliphatic heterocycles. The lowest BCUT2D eigenvalue weighted by Crippen LogP contribution is -1.97. The van der Waals surface area contributed by atoms with E-state index in [1.54, 1.807) is 0 Å². The van der Waals surface area contributed by atoms with Gasteiger partial charge >= 0.3 is 0 Å². The summed E-state index contributed by atoms with van der Waals surface area (Å²) in [6.07, 6.45) is 0. The predicted molar refractivity (Wildman–Crippen MR) is 239 cm³/mol. The van der Waals surface area contributed by atoms with Crippen molar-refractivity contribution in [2.24, 2.45) is 0 Å². The van der Waals surface area contributed by atoms with Crippen LogP contribution in [0.3, 0.4) is 0 Å². The van der Waals surface area contributed by atoms with Gasteiger partial charge in [-0.25, -0.2) is 9.97 Å². The fraction of sp³-hybridized carbons (Fsp3) is 0. The van der Waals surface area contributed by atoms with Gasteiger partial charge in [0.15, 0.2) is 5.82 Å².